The van der Waals surface area contributed by atoms with Crippen LogP contribution >= 0.6 is 0 Å². The molecule has 2 aromatic heterocycles. The van der Waals surface area contributed by atoms with Gasteiger partial charge in [0.2, 0.25) is 0 Å². The third kappa shape index (κ3) is 2.56. The standard InChI is InChI=1S/C21H20N4/c1-15-9-10-16-7-4-5-8-17(16)19(15)18-11-13-23-21(25(18)3)20-22-12-6-14-24(20)2/h4-14H,1-3H3/q+2. The summed E-state index contributed by atoms with van der Waals surface area (Å²) in [6.07, 6.45) is 5.65. The Kier molecular flexibility index (Phi) is 3.73. The minimum atomic E-state index is 0.838. The van der Waals surface area contributed by atoms with Gasteiger partial charge in [-0.05, 0) is 33.2 Å². The van der Waals surface area contributed by atoms with Crippen molar-refractivity contribution >= 4 is 10.8 Å². The van der Waals surface area contributed by atoms with Gasteiger partial charge < -0.3 is 0 Å². The fourth-order valence-electron chi connectivity index (χ4n) is 3.33. The van der Waals surface area contributed by atoms with Gasteiger partial charge >= 0.3 is 11.6 Å². The number of hydrogen-bond acceptors (Lipinski definition) is 2. The number of aryl methyl sites for hydroxylation is 2. The van der Waals surface area contributed by atoms with Crippen molar-refractivity contribution < 1.29 is 9.13 Å². The van der Waals surface area contributed by atoms with E-state index >= 15 is 0 Å². The zero-order chi connectivity index (χ0) is 17.4. The quantitative estimate of drug-likeness (QED) is 0.530. The van der Waals surface area contributed by atoms with Crippen LogP contribution in [0.5, 0.6) is 0 Å². The van der Waals surface area contributed by atoms with Gasteiger partial charge in [0.15, 0.2) is 0 Å². The molecular weight excluding hydrogens is 308 g/mol. The Morgan fingerprint density at radius 1 is 0.800 bits per heavy atom. The number of aromatic nitrogens is 4. The van der Waals surface area contributed by atoms with Gasteiger partial charge in [-0.2, -0.15) is 0 Å². The first-order chi connectivity index (χ1) is 12.2. The van der Waals surface area contributed by atoms with Gasteiger partial charge in [-0.15, -0.1) is 0 Å². The number of benzene rings is 2. The highest BCUT2D eigenvalue weighted by molar-refractivity contribution is 5.96. The topological polar surface area (TPSA) is 33.5 Å². The summed E-state index contributed by atoms with van der Waals surface area (Å²) < 4.78 is 4.11. The molecule has 0 atom stereocenters. The maximum atomic E-state index is 4.58. The van der Waals surface area contributed by atoms with Crippen LogP contribution in [0.4, 0.5) is 0 Å². The zero-order valence-corrected chi connectivity index (χ0v) is 14.6. The van der Waals surface area contributed by atoms with E-state index in [9.17, 15) is 0 Å². The predicted molar refractivity (Wildman–Crippen MR) is 97.5 cm³/mol. The average molecular weight is 328 g/mol. The van der Waals surface area contributed by atoms with Gasteiger partial charge in [0.25, 0.3) is 0 Å². The molecule has 0 N–H and O–H groups in total. The molecule has 0 spiro atoms. The lowest BCUT2D eigenvalue weighted by Crippen LogP contribution is -2.41. The molecule has 122 valence electrons. The molecule has 0 aliphatic carbocycles. The minimum Gasteiger partial charge on any atom is -0.226 e. The minimum absolute atomic E-state index is 0.838. The Balaban J connectivity index is 2.02. The van der Waals surface area contributed by atoms with Crippen LogP contribution in [0.1, 0.15) is 5.56 Å². The molecule has 0 amide bonds. The SMILES string of the molecule is Cc1ccc2ccccc2c1-c1ccnc(-c2nccc[n+]2C)[n+]1C. The van der Waals surface area contributed by atoms with Crippen molar-refractivity contribution in [2.45, 2.75) is 6.92 Å². The third-order valence-electron chi connectivity index (χ3n) is 4.63. The molecule has 0 radical (unpaired) electrons. The molecule has 4 aromatic rings. The lowest BCUT2D eigenvalue weighted by molar-refractivity contribution is -0.689. The highest BCUT2D eigenvalue weighted by atomic mass is 15.1. The van der Waals surface area contributed by atoms with Crippen molar-refractivity contribution in [3.05, 3.63) is 72.7 Å². The van der Waals surface area contributed by atoms with Crippen molar-refractivity contribution in [3.63, 3.8) is 0 Å². The molecule has 0 unspecified atom stereocenters. The van der Waals surface area contributed by atoms with E-state index in [1.807, 2.05) is 37.1 Å². The molecule has 2 heterocycles. The molecule has 4 heteroatoms. The van der Waals surface area contributed by atoms with Crippen molar-refractivity contribution in [2.24, 2.45) is 14.1 Å². The van der Waals surface area contributed by atoms with Crippen molar-refractivity contribution in [2.75, 3.05) is 0 Å². The summed E-state index contributed by atoms with van der Waals surface area (Å²) in [5.74, 6) is 1.68. The van der Waals surface area contributed by atoms with Crippen molar-refractivity contribution in [1.82, 2.24) is 9.97 Å². The molecule has 0 saturated carbocycles. The van der Waals surface area contributed by atoms with Gasteiger partial charge in [-0.1, -0.05) is 36.4 Å². The molecular formula is C21H20N4+2. The lowest BCUT2D eigenvalue weighted by Gasteiger charge is -2.11. The summed E-state index contributed by atoms with van der Waals surface area (Å²) in [5.41, 5.74) is 3.62. The maximum absolute atomic E-state index is 4.58. The number of nitrogens with zero attached hydrogens (tertiary/aromatic N) is 4. The van der Waals surface area contributed by atoms with E-state index in [2.05, 4.69) is 63.9 Å². The Morgan fingerprint density at radius 2 is 1.60 bits per heavy atom. The number of rotatable bonds is 2. The van der Waals surface area contributed by atoms with E-state index in [-0.39, 0.29) is 0 Å². The first-order valence-electron chi connectivity index (χ1n) is 8.31. The molecule has 0 bridgehead atoms. The maximum Gasteiger partial charge on any atom is 0.418 e. The smallest absolute Gasteiger partial charge is 0.226 e. The van der Waals surface area contributed by atoms with Gasteiger partial charge in [0.05, 0.1) is 20.3 Å². The summed E-state index contributed by atoms with van der Waals surface area (Å²) in [6, 6.07) is 16.8. The Morgan fingerprint density at radius 3 is 2.44 bits per heavy atom. The Labute approximate surface area is 147 Å². The zero-order valence-electron chi connectivity index (χ0n) is 14.6. The summed E-state index contributed by atoms with van der Waals surface area (Å²) in [4.78, 5) is 9.09. The van der Waals surface area contributed by atoms with E-state index in [0.29, 0.717) is 0 Å². The fraction of sp³-hybridized carbons (Fsp3) is 0.143. The first-order valence-corrected chi connectivity index (χ1v) is 8.31. The van der Waals surface area contributed by atoms with Gasteiger partial charge in [-0.25, -0.2) is 9.13 Å². The van der Waals surface area contributed by atoms with Crippen LogP contribution in [0.25, 0.3) is 33.7 Å². The summed E-state index contributed by atoms with van der Waals surface area (Å²) in [6.45, 7) is 2.16. The van der Waals surface area contributed by atoms with Crippen LogP contribution in [0, 0.1) is 6.92 Å². The molecule has 0 aliphatic rings. The van der Waals surface area contributed by atoms with E-state index in [4.69, 9.17) is 0 Å². The monoisotopic (exact) mass is 328 g/mol. The highest BCUT2D eigenvalue weighted by Gasteiger charge is 2.27. The second-order valence-corrected chi connectivity index (χ2v) is 6.25. The van der Waals surface area contributed by atoms with Crippen LogP contribution in [-0.4, -0.2) is 9.97 Å². The largest absolute Gasteiger partial charge is 0.418 e. The van der Waals surface area contributed by atoms with Crippen LogP contribution < -0.4 is 9.13 Å². The second kappa shape index (κ2) is 6.06. The van der Waals surface area contributed by atoms with Crippen LogP contribution in [0.3, 0.4) is 0 Å². The molecule has 25 heavy (non-hydrogen) atoms. The Bertz CT molecular complexity index is 1090. The summed E-state index contributed by atoms with van der Waals surface area (Å²) >= 11 is 0. The number of fused-ring (bicyclic) bond motifs is 1. The number of hydrogen-bond donors (Lipinski definition) is 0. The lowest BCUT2D eigenvalue weighted by atomic mass is 9.97. The van der Waals surface area contributed by atoms with Crippen LogP contribution in [0.15, 0.2) is 67.1 Å². The highest BCUT2D eigenvalue weighted by Crippen LogP contribution is 2.30. The molecule has 4 rings (SSSR count). The first kappa shape index (κ1) is 15.4. The molecule has 2 aromatic carbocycles. The van der Waals surface area contributed by atoms with E-state index in [1.54, 1.807) is 6.20 Å². The van der Waals surface area contributed by atoms with Gasteiger partial charge in [0.1, 0.15) is 18.1 Å². The van der Waals surface area contributed by atoms with E-state index in [0.717, 1.165) is 17.3 Å². The van der Waals surface area contributed by atoms with Crippen molar-refractivity contribution in [1.29, 1.82) is 0 Å². The molecule has 0 fully saturated rings. The summed E-state index contributed by atoms with van der Waals surface area (Å²) in [7, 11) is 4.04. The fourth-order valence-corrected chi connectivity index (χ4v) is 3.33. The van der Waals surface area contributed by atoms with Crippen LogP contribution in [0.2, 0.25) is 0 Å². The molecule has 0 saturated heterocycles. The van der Waals surface area contributed by atoms with E-state index in [1.165, 1.54) is 21.9 Å². The Hall–Kier alpha value is -3.14. The molecule has 4 nitrogen and oxygen atoms in total. The summed E-state index contributed by atoms with van der Waals surface area (Å²) in [5, 5.41) is 2.49. The second-order valence-electron chi connectivity index (χ2n) is 6.25. The molecule has 0 aliphatic heterocycles. The van der Waals surface area contributed by atoms with Crippen molar-refractivity contribution in [3.8, 4) is 22.9 Å². The predicted octanol–water partition coefficient (Wildman–Crippen LogP) is 2.92. The van der Waals surface area contributed by atoms with E-state index < -0.39 is 0 Å². The average Bonchev–Trinajstić information content (AvgIpc) is 2.63. The van der Waals surface area contributed by atoms with Gasteiger partial charge in [-0.3, -0.25) is 0 Å². The normalized spacial score (nSPS) is 11.0. The third-order valence-corrected chi connectivity index (χ3v) is 4.63. The van der Waals surface area contributed by atoms with Crippen LogP contribution in [-0.2, 0) is 14.1 Å². The van der Waals surface area contributed by atoms with Gasteiger partial charge in [0, 0.05) is 17.7 Å².